The molecule has 6 heteroatoms. The lowest BCUT2D eigenvalue weighted by Crippen LogP contribution is -2.13. The lowest BCUT2D eigenvalue weighted by atomic mass is 9.93. The second-order valence-electron chi connectivity index (χ2n) is 9.59. The predicted octanol–water partition coefficient (Wildman–Crippen LogP) is 6.19. The predicted molar refractivity (Wildman–Crippen MR) is 117 cm³/mol. The first-order valence-corrected chi connectivity index (χ1v) is 10.2. The van der Waals surface area contributed by atoms with E-state index in [1.54, 1.807) is 24.8 Å². The van der Waals surface area contributed by atoms with Crippen molar-refractivity contribution < 1.29 is 4.42 Å². The van der Waals surface area contributed by atoms with Gasteiger partial charge in [0.05, 0.1) is 17.6 Å². The third kappa shape index (κ3) is 8.74. The topological polar surface area (TPSA) is 64.7 Å². The molecule has 0 atom stereocenters. The Balaban J connectivity index is 0.000000210. The summed E-state index contributed by atoms with van der Waals surface area (Å²) in [4.78, 5) is 12.0. The van der Waals surface area contributed by atoms with E-state index in [0.29, 0.717) is 0 Å². The standard InChI is InChI=1S/C8H12N2.C7H11NO.C7H11NS/c1-8(2,3)7-6-9-4-5-10-7;1-7(2,3)6-4-8-5-9-6;1-7(2,3)6-4-5-9-8-6/h4-6H,1-3H3;2*4-5H,1-3H3. The van der Waals surface area contributed by atoms with E-state index in [2.05, 4.69) is 87.7 Å². The summed E-state index contributed by atoms with van der Waals surface area (Å²) in [6.45, 7) is 19.1. The van der Waals surface area contributed by atoms with Crippen molar-refractivity contribution in [3.8, 4) is 0 Å². The molecule has 0 amide bonds. The van der Waals surface area contributed by atoms with Gasteiger partial charge >= 0.3 is 0 Å². The van der Waals surface area contributed by atoms with E-state index in [1.807, 2.05) is 5.38 Å². The highest BCUT2D eigenvalue weighted by molar-refractivity contribution is 7.03. The number of nitrogens with zero attached hydrogens (tertiary/aromatic N) is 4. The van der Waals surface area contributed by atoms with Crippen molar-refractivity contribution in [1.29, 1.82) is 0 Å². The largest absolute Gasteiger partial charge is 0.448 e. The van der Waals surface area contributed by atoms with Gasteiger partial charge in [-0.3, -0.25) is 9.97 Å². The SMILES string of the molecule is CC(C)(C)c1ccsn1.CC(C)(C)c1cnccn1.CC(C)(C)c1cnco1. The van der Waals surface area contributed by atoms with Crippen molar-refractivity contribution in [2.75, 3.05) is 0 Å². The average Bonchev–Trinajstić information content (AvgIpc) is 3.29. The first kappa shape index (κ1) is 24.0. The molecule has 0 spiro atoms. The van der Waals surface area contributed by atoms with Crippen LogP contribution in [0, 0.1) is 0 Å². The Morgan fingerprint density at radius 3 is 1.64 bits per heavy atom. The van der Waals surface area contributed by atoms with Gasteiger partial charge in [0.15, 0.2) is 6.39 Å². The van der Waals surface area contributed by atoms with Crippen LogP contribution in [-0.2, 0) is 16.2 Å². The zero-order valence-corrected chi connectivity index (χ0v) is 19.5. The highest BCUT2D eigenvalue weighted by Crippen LogP contribution is 2.21. The van der Waals surface area contributed by atoms with Gasteiger partial charge in [-0.25, -0.2) is 4.98 Å². The van der Waals surface area contributed by atoms with Gasteiger partial charge in [0.25, 0.3) is 0 Å². The Morgan fingerprint density at radius 2 is 1.39 bits per heavy atom. The lowest BCUT2D eigenvalue weighted by molar-refractivity contribution is 0.408. The van der Waals surface area contributed by atoms with E-state index in [-0.39, 0.29) is 16.2 Å². The quantitative estimate of drug-likeness (QED) is 0.449. The summed E-state index contributed by atoms with van der Waals surface area (Å²) in [6.07, 6.45) is 8.43. The third-order valence-corrected chi connectivity index (χ3v) is 4.27. The molecule has 154 valence electrons. The Hall–Kier alpha value is -2.08. The molecule has 3 heterocycles. The van der Waals surface area contributed by atoms with Gasteiger partial charge < -0.3 is 4.42 Å². The van der Waals surface area contributed by atoms with Crippen molar-refractivity contribution in [3.05, 3.63) is 59.8 Å². The Bertz CT molecular complexity index is 719. The van der Waals surface area contributed by atoms with Crippen LogP contribution in [0.1, 0.15) is 79.5 Å². The molecule has 0 aliphatic rings. The van der Waals surface area contributed by atoms with E-state index in [0.717, 1.165) is 11.5 Å². The third-order valence-electron chi connectivity index (χ3n) is 3.71. The van der Waals surface area contributed by atoms with Crippen LogP contribution in [-0.4, -0.2) is 19.3 Å². The van der Waals surface area contributed by atoms with E-state index < -0.39 is 0 Å². The molecule has 0 aliphatic carbocycles. The molecular formula is C22H34N4OS. The maximum Gasteiger partial charge on any atom is 0.180 e. The molecule has 0 fully saturated rings. The Kier molecular flexibility index (Phi) is 8.48. The lowest BCUT2D eigenvalue weighted by Gasteiger charge is -2.15. The van der Waals surface area contributed by atoms with Crippen molar-refractivity contribution in [2.24, 2.45) is 0 Å². The van der Waals surface area contributed by atoms with Gasteiger partial charge in [-0.15, -0.1) is 0 Å². The molecule has 3 aromatic rings. The fourth-order valence-electron chi connectivity index (χ4n) is 1.87. The van der Waals surface area contributed by atoms with Crippen LogP contribution in [0.3, 0.4) is 0 Å². The summed E-state index contributed by atoms with van der Waals surface area (Å²) in [6, 6.07) is 2.07. The second-order valence-corrected chi connectivity index (χ2v) is 10.3. The summed E-state index contributed by atoms with van der Waals surface area (Å²) in [5, 5.41) is 2.01. The van der Waals surface area contributed by atoms with Crippen LogP contribution in [0.15, 0.2) is 47.0 Å². The van der Waals surface area contributed by atoms with Crippen molar-refractivity contribution in [1.82, 2.24) is 19.3 Å². The highest BCUT2D eigenvalue weighted by atomic mass is 32.1. The van der Waals surface area contributed by atoms with Gasteiger partial charge in [-0.1, -0.05) is 62.3 Å². The number of aromatic nitrogens is 4. The molecule has 0 saturated heterocycles. The summed E-state index contributed by atoms with van der Waals surface area (Å²) in [5.74, 6) is 0.933. The van der Waals surface area contributed by atoms with Crippen molar-refractivity contribution in [2.45, 2.75) is 78.6 Å². The summed E-state index contributed by atoms with van der Waals surface area (Å²) >= 11 is 1.52. The van der Waals surface area contributed by atoms with E-state index in [1.165, 1.54) is 23.6 Å². The summed E-state index contributed by atoms with van der Waals surface area (Å²) < 4.78 is 9.32. The zero-order chi connectivity index (χ0) is 21.4. The van der Waals surface area contributed by atoms with Crippen molar-refractivity contribution >= 4 is 11.5 Å². The molecule has 3 rings (SSSR count). The molecule has 5 nitrogen and oxygen atoms in total. The fourth-order valence-corrected chi connectivity index (χ4v) is 2.57. The number of hydrogen-bond acceptors (Lipinski definition) is 6. The van der Waals surface area contributed by atoms with Gasteiger partial charge in [0, 0.05) is 40.2 Å². The van der Waals surface area contributed by atoms with Gasteiger partial charge in [0.2, 0.25) is 0 Å². The minimum atomic E-state index is 0.0938. The maximum atomic E-state index is 5.09. The van der Waals surface area contributed by atoms with Gasteiger partial charge in [0.1, 0.15) is 5.76 Å². The fraction of sp³-hybridized carbons (Fsp3) is 0.545. The Labute approximate surface area is 173 Å². The van der Waals surface area contributed by atoms with Crippen LogP contribution in [0.4, 0.5) is 0 Å². The zero-order valence-electron chi connectivity index (χ0n) is 18.6. The molecule has 0 bridgehead atoms. The van der Waals surface area contributed by atoms with E-state index in [9.17, 15) is 0 Å². The smallest absolute Gasteiger partial charge is 0.180 e. The number of oxazole rings is 1. The van der Waals surface area contributed by atoms with Crippen LogP contribution < -0.4 is 0 Å². The molecule has 3 aromatic heterocycles. The minimum absolute atomic E-state index is 0.0938. The molecule has 0 aromatic carbocycles. The highest BCUT2D eigenvalue weighted by Gasteiger charge is 2.16. The molecular weight excluding hydrogens is 368 g/mol. The summed E-state index contributed by atoms with van der Waals surface area (Å²) in [7, 11) is 0. The normalized spacial score (nSPS) is 11.8. The van der Waals surface area contributed by atoms with Crippen molar-refractivity contribution in [3.63, 3.8) is 0 Å². The van der Waals surface area contributed by atoms with Crippen LogP contribution in [0.5, 0.6) is 0 Å². The summed E-state index contributed by atoms with van der Waals surface area (Å²) in [5.41, 5.74) is 2.66. The first-order valence-electron chi connectivity index (χ1n) is 9.38. The number of hydrogen-bond donors (Lipinski definition) is 0. The van der Waals surface area contributed by atoms with Crippen LogP contribution in [0.2, 0.25) is 0 Å². The number of rotatable bonds is 0. The second kappa shape index (κ2) is 9.92. The molecule has 0 N–H and O–H groups in total. The van der Waals surface area contributed by atoms with Crippen LogP contribution in [0.25, 0.3) is 0 Å². The molecule has 0 radical (unpaired) electrons. The van der Waals surface area contributed by atoms with Gasteiger partial charge in [-0.2, -0.15) is 4.37 Å². The minimum Gasteiger partial charge on any atom is -0.448 e. The molecule has 0 saturated carbocycles. The monoisotopic (exact) mass is 402 g/mol. The first-order chi connectivity index (χ1) is 12.8. The average molecular weight is 403 g/mol. The molecule has 28 heavy (non-hydrogen) atoms. The molecule has 0 aliphatic heterocycles. The van der Waals surface area contributed by atoms with E-state index in [4.69, 9.17) is 4.42 Å². The molecule has 0 unspecified atom stereocenters. The Morgan fingerprint density at radius 1 is 0.750 bits per heavy atom. The van der Waals surface area contributed by atoms with Gasteiger partial charge in [-0.05, 0) is 17.6 Å². The van der Waals surface area contributed by atoms with Crippen LogP contribution >= 0.6 is 11.5 Å². The van der Waals surface area contributed by atoms with E-state index >= 15 is 0 Å². The maximum absolute atomic E-state index is 5.09.